The van der Waals surface area contributed by atoms with Crippen molar-refractivity contribution in [2.45, 2.75) is 150 Å². The first-order valence-corrected chi connectivity index (χ1v) is 14.9. The lowest BCUT2D eigenvalue weighted by molar-refractivity contribution is -0.345. The largest absolute Gasteiger partial charge is 0.393 e. The van der Waals surface area contributed by atoms with Gasteiger partial charge in [-0.15, -0.1) is 0 Å². The molecule has 19 atom stereocenters. The highest BCUT2D eigenvalue weighted by atomic mass is 16.7. The van der Waals surface area contributed by atoms with Crippen LogP contribution in [0.5, 0.6) is 0 Å². The van der Waals surface area contributed by atoms with E-state index in [0.717, 1.165) is 0 Å². The van der Waals surface area contributed by atoms with Gasteiger partial charge < -0.3 is 74.7 Å². The quantitative estimate of drug-likeness (QED) is 0.137. The number of ether oxygens (including phenoxy) is 5. The fraction of sp³-hybridized carbons (Fsp3) is 1.00. The average Bonchev–Trinajstić information content (AvgIpc) is 2.95. The minimum Gasteiger partial charge on any atom is -0.393 e. The predicted octanol–water partition coefficient (Wildman–Crippen LogP) is -4.17. The molecule has 19 unspecified atom stereocenters. The lowest BCUT2D eigenvalue weighted by Gasteiger charge is -2.51. The Bertz CT molecular complexity index is 882. The molecule has 0 aromatic heterocycles. The molecule has 244 valence electrons. The first-order valence-electron chi connectivity index (χ1n) is 14.9. The third-order valence-corrected chi connectivity index (χ3v) is 9.69. The van der Waals surface area contributed by atoms with Crippen molar-refractivity contribution in [2.75, 3.05) is 6.61 Å². The molecule has 2 saturated carbocycles. The molecule has 0 aromatic carbocycles. The number of rotatable bonds is 6. The lowest BCUT2D eigenvalue weighted by Crippen LogP contribution is -2.63. The Morgan fingerprint density at radius 3 is 2.02 bits per heavy atom. The molecule has 5 fully saturated rings. The van der Waals surface area contributed by atoms with Gasteiger partial charge in [-0.1, -0.05) is 0 Å². The molecule has 15 heteroatoms. The standard InChI is InChI=1S/C27H46O15/c1-9-19(32)21(34)23(36)26(39-9)38-8-18-20(33)22(35)24(37)27(42-18)41-17-7-12-14(30)5-11(28)6-16(12)40-25(17)10-2-3-13(29)15(31)4-10/h9-37H,2-8H2,1H3. The topological polar surface area (TPSA) is 248 Å². The van der Waals surface area contributed by atoms with E-state index in [1.807, 2.05) is 0 Å². The molecule has 3 heterocycles. The first-order chi connectivity index (χ1) is 19.8. The highest BCUT2D eigenvalue weighted by molar-refractivity contribution is 4.99. The maximum Gasteiger partial charge on any atom is 0.187 e. The summed E-state index contributed by atoms with van der Waals surface area (Å²) in [7, 11) is 0. The molecule has 10 N–H and O–H groups in total. The van der Waals surface area contributed by atoms with Crippen molar-refractivity contribution in [3.05, 3.63) is 0 Å². The van der Waals surface area contributed by atoms with Crippen LogP contribution in [0.4, 0.5) is 0 Å². The smallest absolute Gasteiger partial charge is 0.187 e. The van der Waals surface area contributed by atoms with Crippen LogP contribution in [0.3, 0.4) is 0 Å². The molecule has 5 rings (SSSR count). The van der Waals surface area contributed by atoms with Crippen LogP contribution >= 0.6 is 0 Å². The van der Waals surface area contributed by atoms with Crippen molar-refractivity contribution in [3.8, 4) is 0 Å². The van der Waals surface area contributed by atoms with Crippen LogP contribution in [-0.4, -0.2) is 162 Å². The van der Waals surface area contributed by atoms with E-state index in [1.165, 1.54) is 6.92 Å². The Morgan fingerprint density at radius 2 is 1.31 bits per heavy atom. The van der Waals surface area contributed by atoms with Gasteiger partial charge in [0, 0.05) is 5.92 Å². The Hall–Kier alpha value is -0.600. The maximum atomic E-state index is 10.8. The minimum atomic E-state index is -1.71. The summed E-state index contributed by atoms with van der Waals surface area (Å²) in [6.07, 6.45) is -18.0. The second-order valence-electron chi connectivity index (χ2n) is 12.6. The molecule has 0 radical (unpaired) electrons. The zero-order chi connectivity index (χ0) is 30.5. The van der Waals surface area contributed by atoms with Crippen LogP contribution in [0, 0.1) is 11.8 Å². The molecule has 15 nitrogen and oxygen atoms in total. The van der Waals surface area contributed by atoms with Gasteiger partial charge in [0.05, 0.1) is 55.4 Å². The van der Waals surface area contributed by atoms with Gasteiger partial charge in [-0.2, -0.15) is 0 Å². The first kappa shape index (κ1) is 32.8. The fourth-order valence-corrected chi connectivity index (χ4v) is 7.09. The summed E-state index contributed by atoms with van der Waals surface area (Å²) in [6.45, 7) is 1.04. The van der Waals surface area contributed by atoms with Gasteiger partial charge in [0.15, 0.2) is 12.6 Å². The van der Waals surface area contributed by atoms with E-state index in [-0.39, 0.29) is 25.2 Å². The highest BCUT2D eigenvalue weighted by Crippen LogP contribution is 2.43. The van der Waals surface area contributed by atoms with Crippen molar-refractivity contribution in [3.63, 3.8) is 0 Å². The van der Waals surface area contributed by atoms with E-state index in [0.29, 0.717) is 19.3 Å². The monoisotopic (exact) mass is 610 g/mol. The summed E-state index contributed by atoms with van der Waals surface area (Å²) in [5.41, 5.74) is 0. The van der Waals surface area contributed by atoms with Crippen LogP contribution < -0.4 is 0 Å². The second kappa shape index (κ2) is 13.4. The maximum absolute atomic E-state index is 10.8. The van der Waals surface area contributed by atoms with Gasteiger partial charge >= 0.3 is 0 Å². The number of hydrogen-bond donors (Lipinski definition) is 10. The Morgan fingerprint density at radius 1 is 0.619 bits per heavy atom. The summed E-state index contributed by atoms with van der Waals surface area (Å²) in [5, 5.41) is 104. The Kier molecular flexibility index (Phi) is 10.5. The van der Waals surface area contributed by atoms with Gasteiger partial charge in [0.2, 0.25) is 0 Å². The van der Waals surface area contributed by atoms with Crippen molar-refractivity contribution < 1.29 is 74.7 Å². The van der Waals surface area contributed by atoms with Crippen LogP contribution in [0.15, 0.2) is 0 Å². The van der Waals surface area contributed by atoms with Gasteiger partial charge in [-0.3, -0.25) is 0 Å². The summed E-state index contributed by atoms with van der Waals surface area (Å²) in [4.78, 5) is 0. The third kappa shape index (κ3) is 6.66. The van der Waals surface area contributed by atoms with Crippen molar-refractivity contribution >= 4 is 0 Å². The highest BCUT2D eigenvalue weighted by Gasteiger charge is 2.52. The molecule has 5 aliphatic rings. The van der Waals surface area contributed by atoms with Crippen molar-refractivity contribution in [1.29, 1.82) is 0 Å². The lowest BCUT2D eigenvalue weighted by atomic mass is 9.72. The number of aliphatic hydroxyl groups is 10. The average molecular weight is 611 g/mol. The molecule has 0 spiro atoms. The van der Waals surface area contributed by atoms with Crippen molar-refractivity contribution in [2.24, 2.45) is 11.8 Å². The summed E-state index contributed by atoms with van der Waals surface area (Å²) in [6, 6.07) is 0. The van der Waals surface area contributed by atoms with Crippen LogP contribution in [0.2, 0.25) is 0 Å². The second-order valence-corrected chi connectivity index (χ2v) is 12.6. The van der Waals surface area contributed by atoms with E-state index in [9.17, 15) is 51.1 Å². The molecule has 0 aromatic rings. The third-order valence-electron chi connectivity index (χ3n) is 9.69. The zero-order valence-corrected chi connectivity index (χ0v) is 23.4. The molecule has 2 aliphatic carbocycles. The minimum absolute atomic E-state index is 0.169. The summed E-state index contributed by atoms with van der Waals surface area (Å²) in [5.74, 6) is -0.646. The van der Waals surface area contributed by atoms with Gasteiger partial charge in [-0.25, -0.2) is 0 Å². The van der Waals surface area contributed by atoms with E-state index in [4.69, 9.17) is 23.7 Å². The summed E-state index contributed by atoms with van der Waals surface area (Å²) >= 11 is 0. The molecule has 3 aliphatic heterocycles. The summed E-state index contributed by atoms with van der Waals surface area (Å²) < 4.78 is 29.4. The van der Waals surface area contributed by atoms with Crippen LogP contribution in [0.1, 0.15) is 45.4 Å². The van der Waals surface area contributed by atoms with E-state index in [2.05, 4.69) is 0 Å². The molecule has 0 amide bonds. The molecular weight excluding hydrogens is 564 g/mol. The molecule has 0 bridgehead atoms. The normalized spacial score (nSPS) is 55.6. The van der Waals surface area contributed by atoms with E-state index < -0.39 is 117 Å². The Labute approximate surface area is 243 Å². The number of hydrogen-bond acceptors (Lipinski definition) is 15. The molecular formula is C27H46O15. The number of fused-ring (bicyclic) bond motifs is 1. The van der Waals surface area contributed by atoms with E-state index >= 15 is 0 Å². The predicted molar refractivity (Wildman–Crippen MR) is 137 cm³/mol. The Balaban J connectivity index is 1.29. The van der Waals surface area contributed by atoms with Crippen molar-refractivity contribution in [1.82, 2.24) is 0 Å². The van der Waals surface area contributed by atoms with E-state index in [1.54, 1.807) is 0 Å². The van der Waals surface area contributed by atoms with Crippen LogP contribution in [-0.2, 0) is 23.7 Å². The van der Waals surface area contributed by atoms with Gasteiger partial charge in [0.1, 0.15) is 42.7 Å². The van der Waals surface area contributed by atoms with Gasteiger partial charge in [-0.05, 0) is 51.4 Å². The van der Waals surface area contributed by atoms with Crippen LogP contribution in [0.25, 0.3) is 0 Å². The fourth-order valence-electron chi connectivity index (χ4n) is 7.09. The van der Waals surface area contributed by atoms with Gasteiger partial charge in [0.25, 0.3) is 0 Å². The zero-order valence-electron chi connectivity index (χ0n) is 23.4. The SMILES string of the molecule is CC1OC(OCC2OC(OC3CC4C(O)CC(O)CC4OC3C3CCC(O)C(O)C3)C(O)C(O)C2O)C(O)C(O)C1O. The molecule has 42 heavy (non-hydrogen) atoms. The molecule has 3 saturated heterocycles. The number of aliphatic hydroxyl groups excluding tert-OH is 10.